The molecule has 1 rings (SSSR count). The number of benzene rings is 1. The molecule has 1 unspecified atom stereocenters. The maximum absolute atomic E-state index is 11.7. The first-order valence-electron chi connectivity index (χ1n) is 6.37. The van der Waals surface area contributed by atoms with Crippen LogP contribution in [0.3, 0.4) is 0 Å². The summed E-state index contributed by atoms with van der Waals surface area (Å²) in [6.45, 7) is 3.30. The molecule has 0 aliphatic carbocycles. The van der Waals surface area contributed by atoms with Crippen molar-refractivity contribution < 1.29 is 9.53 Å². The minimum atomic E-state index is -0.114. The van der Waals surface area contributed by atoms with Crippen LogP contribution in [-0.4, -0.2) is 44.1 Å². The number of hydrogen-bond donors (Lipinski definition) is 2. The van der Waals surface area contributed by atoms with Crippen molar-refractivity contribution in [1.82, 2.24) is 10.2 Å². The van der Waals surface area contributed by atoms with Gasteiger partial charge in [0, 0.05) is 19.1 Å². The summed E-state index contributed by atoms with van der Waals surface area (Å²) in [6, 6.07) is 7.52. The molecule has 0 saturated heterocycles. The summed E-state index contributed by atoms with van der Waals surface area (Å²) >= 11 is 0. The molecule has 5 heteroatoms. The number of likely N-dealkylation sites (N-methyl/N-ethyl adjacent to an activating group) is 1. The van der Waals surface area contributed by atoms with Gasteiger partial charge < -0.3 is 20.7 Å². The topological polar surface area (TPSA) is 67.6 Å². The number of carbonyl (C=O) groups is 1. The van der Waals surface area contributed by atoms with Crippen molar-refractivity contribution in [3.05, 3.63) is 29.8 Å². The molecule has 106 valence electrons. The number of carbonyl (C=O) groups excluding carboxylic acids is 1. The van der Waals surface area contributed by atoms with Gasteiger partial charge in [0.2, 0.25) is 0 Å². The van der Waals surface area contributed by atoms with Crippen LogP contribution in [0.15, 0.2) is 24.3 Å². The van der Waals surface area contributed by atoms with Crippen LogP contribution in [0.2, 0.25) is 0 Å². The van der Waals surface area contributed by atoms with Crippen molar-refractivity contribution in [3.8, 4) is 5.75 Å². The fourth-order valence-corrected chi connectivity index (χ4v) is 1.78. The van der Waals surface area contributed by atoms with Crippen LogP contribution >= 0.6 is 0 Å². The highest BCUT2D eigenvalue weighted by atomic mass is 16.5. The lowest BCUT2D eigenvalue weighted by Gasteiger charge is -2.18. The first-order valence-corrected chi connectivity index (χ1v) is 6.37. The Labute approximate surface area is 114 Å². The molecule has 5 nitrogen and oxygen atoms in total. The highest BCUT2D eigenvalue weighted by Gasteiger charge is 2.08. The zero-order valence-corrected chi connectivity index (χ0v) is 11.8. The zero-order chi connectivity index (χ0) is 14.3. The lowest BCUT2D eigenvalue weighted by molar-refractivity contribution is -0.123. The Morgan fingerprint density at radius 2 is 2.00 bits per heavy atom. The predicted molar refractivity (Wildman–Crippen MR) is 76.0 cm³/mol. The van der Waals surface area contributed by atoms with E-state index in [9.17, 15) is 4.79 Å². The Morgan fingerprint density at radius 1 is 1.37 bits per heavy atom. The number of ether oxygens (including phenoxy) is 1. The monoisotopic (exact) mass is 265 g/mol. The van der Waals surface area contributed by atoms with Gasteiger partial charge in [-0.15, -0.1) is 0 Å². The Morgan fingerprint density at radius 3 is 2.53 bits per heavy atom. The van der Waals surface area contributed by atoms with Crippen LogP contribution in [0.5, 0.6) is 5.75 Å². The van der Waals surface area contributed by atoms with E-state index in [-0.39, 0.29) is 18.6 Å². The van der Waals surface area contributed by atoms with Crippen LogP contribution in [0.25, 0.3) is 0 Å². The summed E-state index contributed by atoms with van der Waals surface area (Å²) in [7, 11) is 3.94. The molecule has 0 saturated carbocycles. The van der Waals surface area contributed by atoms with E-state index in [1.807, 2.05) is 50.2 Å². The second-order valence-electron chi connectivity index (χ2n) is 4.87. The third-order valence-corrected chi connectivity index (χ3v) is 2.58. The fourth-order valence-electron chi connectivity index (χ4n) is 1.78. The van der Waals surface area contributed by atoms with Gasteiger partial charge in [-0.25, -0.2) is 0 Å². The van der Waals surface area contributed by atoms with E-state index < -0.39 is 0 Å². The minimum Gasteiger partial charge on any atom is -0.484 e. The molecule has 1 aromatic rings. The maximum Gasteiger partial charge on any atom is 0.258 e. The smallest absolute Gasteiger partial charge is 0.258 e. The summed E-state index contributed by atoms with van der Waals surface area (Å²) in [6.07, 6.45) is 0. The number of nitrogens with one attached hydrogen (secondary N) is 1. The van der Waals surface area contributed by atoms with Gasteiger partial charge in [0.1, 0.15) is 5.75 Å². The Balaban J connectivity index is 2.33. The summed E-state index contributed by atoms with van der Waals surface area (Å²) in [4.78, 5) is 13.7. The lowest BCUT2D eigenvalue weighted by Crippen LogP contribution is -2.41. The van der Waals surface area contributed by atoms with Gasteiger partial charge in [-0.3, -0.25) is 4.79 Å². The van der Waals surface area contributed by atoms with Gasteiger partial charge in [-0.05, 0) is 38.7 Å². The number of nitrogens with zero attached hydrogens (tertiary/aromatic N) is 1. The van der Waals surface area contributed by atoms with Gasteiger partial charge in [-0.1, -0.05) is 12.1 Å². The predicted octanol–water partition coefficient (Wildman–Crippen LogP) is 0.590. The number of amides is 1. The van der Waals surface area contributed by atoms with Crippen LogP contribution in [0.4, 0.5) is 0 Å². The third-order valence-electron chi connectivity index (χ3n) is 2.58. The number of hydrogen-bond acceptors (Lipinski definition) is 4. The number of nitrogens with two attached hydrogens (primary N) is 1. The van der Waals surface area contributed by atoms with Crippen molar-refractivity contribution in [1.29, 1.82) is 0 Å². The SMILES string of the molecule is CC(CN(C)C)NC(=O)COc1ccc(CN)cc1. The van der Waals surface area contributed by atoms with E-state index in [1.165, 1.54) is 0 Å². The van der Waals surface area contributed by atoms with Crippen molar-refractivity contribution in [2.45, 2.75) is 19.5 Å². The van der Waals surface area contributed by atoms with Crippen molar-refractivity contribution >= 4 is 5.91 Å². The average molecular weight is 265 g/mol. The van der Waals surface area contributed by atoms with Crippen molar-refractivity contribution in [2.24, 2.45) is 5.73 Å². The molecule has 0 bridgehead atoms. The minimum absolute atomic E-state index is 0.0275. The summed E-state index contributed by atoms with van der Waals surface area (Å²) in [5, 5.41) is 2.88. The molecule has 0 spiro atoms. The zero-order valence-electron chi connectivity index (χ0n) is 11.8. The molecule has 0 aliphatic rings. The molecule has 1 aromatic carbocycles. The van der Waals surface area contributed by atoms with E-state index in [0.717, 1.165) is 12.1 Å². The summed E-state index contributed by atoms with van der Waals surface area (Å²) < 4.78 is 5.41. The molecule has 3 N–H and O–H groups in total. The third kappa shape index (κ3) is 6.22. The normalized spacial score (nSPS) is 12.3. The van der Waals surface area contributed by atoms with Gasteiger partial charge in [-0.2, -0.15) is 0 Å². The largest absolute Gasteiger partial charge is 0.484 e. The molecular weight excluding hydrogens is 242 g/mol. The second kappa shape index (κ2) is 7.76. The van der Waals surface area contributed by atoms with Crippen molar-refractivity contribution in [2.75, 3.05) is 27.2 Å². The van der Waals surface area contributed by atoms with Gasteiger partial charge >= 0.3 is 0 Å². The van der Waals surface area contributed by atoms with Gasteiger partial charge in [0.05, 0.1) is 0 Å². The molecule has 0 aromatic heterocycles. The van der Waals surface area contributed by atoms with Crippen LogP contribution in [0, 0.1) is 0 Å². The molecule has 0 aliphatic heterocycles. The Bertz CT molecular complexity index is 390. The van der Waals surface area contributed by atoms with Crippen molar-refractivity contribution in [3.63, 3.8) is 0 Å². The molecule has 0 radical (unpaired) electrons. The average Bonchev–Trinajstić information content (AvgIpc) is 2.36. The molecule has 19 heavy (non-hydrogen) atoms. The second-order valence-corrected chi connectivity index (χ2v) is 4.87. The molecular formula is C14H23N3O2. The fraction of sp³-hybridized carbons (Fsp3) is 0.500. The van der Waals surface area contributed by atoms with Crippen LogP contribution < -0.4 is 15.8 Å². The van der Waals surface area contributed by atoms with E-state index in [2.05, 4.69) is 5.32 Å². The maximum atomic E-state index is 11.7. The molecule has 0 fully saturated rings. The van der Waals surface area contributed by atoms with E-state index >= 15 is 0 Å². The van der Waals surface area contributed by atoms with E-state index in [1.54, 1.807) is 0 Å². The quantitative estimate of drug-likeness (QED) is 0.757. The highest BCUT2D eigenvalue weighted by molar-refractivity contribution is 5.77. The molecule has 0 heterocycles. The Hall–Kier alpha value is -1.59. The molecule has 1 atom stereocenters. The van der Waals surface area contributed by atoms with Crippen LogP contribution in [-0.2, 0) is 11.3 Å². The first-order chi connectivity index (χ1) is 9.01. The first kappa shape index (κ1) is 15.5. The molecule has 1 amide bonds. The lowest BCUT2D eigenvalue weighted by atomic mass is 10.2. The highest BCUT2D eigenvalue weighted by Crippen LogP contribution is 2.11. The summed E-state index contributed by atoms with van der Waals surface area (Å²) in [5.74, 6) is 0.560. The standard InChI is InChI=1S/C14H23N3O2/c1-11(9-17(2)3)16-14(18)10-19-13-6-4-12(8-15)5-7-13/h4-7,11H,8-10,15H2,1-3H3,(H,16,18). The van der Waals surface area contributed by atoms with E-state index in [0.29, 0.717) is 12.3 Å². The van der Waals surface area contributed by atoms with E-state index in [4.69, 9.17) is 10.5 Å². The van der Waals surface area contributed by atoms with Gasteiger partial charge in [0.25, 0.3) is 5.91 Å². The number of rotatable bonds is 7. The Kier molecular flexibility index (Phi) is 6.32. The van der Waals surface area contributed by atoms with Crippen LogP contribution in [0.1, 0.15) is 12.5 Å². The van der Waals surface area contributed by atoms with Gasteiger partial charge in [0.15, 0.2) is 6.61 Å². The summed E-state index contributed by atoms with van der Waals surface area (Å²) in [5.41, 5.74) is 6.55.